The number of aromatic nitrogens is 7. The minimum absolute atomic E-state index is 0.551. The number of hydrogen-bond donors (Lipinski definition) is 0. The summed E-state index contributed by atoms with van der Waals surface area (Å²) >= 11 is 0. The van der Waals surface area contributed by atoms with Crippen molar-refractivity contribution in [2.45, 2.75) is 0 Å². The van der Waals surface area contributed by atoms with Crippen LogP contribution >= 0.6 is 0 Å². The smallest absolute Gasteiger partial charge is 0.238 e. The van der Waals surface area contributed by atoms with Crippen molar-refractivity contribution < 1.29 is 0 Å². The van der Waals surface area contributed by atoms with E-state index in [0.717, 1.165) is 99.6 Å². The monoisotopic (exact) mass is 869 g/mol. The highest BCUT2D eigenvalue weighted by Gasteiger charge is 2.22. The Kier molecular flexibility index (Phi) is 9.35. The highest BCUT2D eigenvalue weighted by atomic mass is 15.2. The van der Waals surface area contributed by atoms with E-state index in [1.807, 2.05) is 66.7 Å². The van der Waals surface area contributed by atoms with Crippen LogP contribution in [-0.4, -0.2) is 34.1 Å². The van der Waals surface area contributed by atoms with Gasteiger partial charge in [-0.05, 0) is 65.7 Å². The van der Waals surface area contributed by atoms with Gasteiger partial charge in [-0.3, -0.25) is 4.57 Å². The van der Waals surface area contributed by atoms with E-state index < -0.39 is 0 Å². The van der Waals surface area contributed by atoms with Gasteiger partial charge >= 0.3 is 0 Å². The van der Waals surface area contributed by atoms with Crippen LogP contribution in [0.1, 0.15) is 0 Å². The quantitative estimate of drug-likeness (QED) is 0.152. The van der Waals surface area contributed by atoms with Crippen molar-refractivity contribution in [2.75, 3.05) is 0 Å². The largest absolute Gasteiger partial charge is 0.309 e. The van der Waals surface area contributed by atoms with Crippen LogP contribution in [0.25, 0.3) is 123 Å². The lowest BCUT2D eigenvalue weighted by molar-refractivity contribution is 0.954. The molecule has 4 aromatic heterocycles. The first-order valence-corrected chi connectivity index (χ1v) is 22.8. The van der Waals surface area contributed by atoms with E-state index >= 15 is 0 Å². The van der Waals surface area contributed by atoms with E-state index in [2.05, 4.69) is 179 Å². The summed E-state index contributed by atoms with van der Waals surface area (Å²) in [5.41, 5.74) is 14.1. The van der Waals surface area contributed by atoms with Crippen LogP contribution in [-0.2, 0) is 0 Å². The molecule has 0 radical (unpaired) electrons. The molecule has 0 N–H and O–H groups in total. The number of para-hydroxylation sites is 2. The normalized spacial score (nSPS) is 11.5. The summed E-state index contributed by atoms with van der Waals surface area (Å²) in [6.45, 7) is 0. The van der Waals surface area contributed by atoms with E-state index in [-0.39, 0.29) is 0 Å². The van der Waals surface area contributed by atoms with Gasteiger partial charge in [0.1, 0.15) is 0 Å². The molecule has 0 bridgehead atoms. The highest BCUT2D eigenvalue weighted by Crippen LogP contribution is 2.40. The average molecular weight is 870 g/mol. The van der Waals surface area contributed by atoms with Crippen molar-refractivity contribution in [3.8, 4) is 79.4 Å². The maximum Gasteiger partial charge on any atom is 0.238 e. The molecule has 0 saturated carbocycles. The second-order valence-corrected chi connectivity index (χ2v) is 16.9. The Labute approximate surface area is 392 Å². The first-order chi connectivity index (χ1) is 33.7. The van der Waals surface area contributed by atoms with Gasteiger partial charge in [-0.25, -0.2) is 15.0 Å². The van der Waals surface area contributed by atoms with Crippen molar-refractivity contribution in [1.82, 2.24) is 34.1 Å². The predicted octanol–water partition coefficient (Wildman–Crippen LogP) is 14.9. The van der Waals surface area contributed by atoms with E-state index in [9.17, 15) is 0 Å². The Morgan fingerprint density at radius 1 is 0.250 bits per heavy atom. The topological polar surface area (TPSA) is 74.3 Å². The molecular weight excluding hydrogens is 831 g/mol. The van der Waals surface area contributed by atoms with Gasteiger partial charge in [-0.1, -0.05) is 182 Å². The third-order valence-electron chi connectivity index (χ3n) is 12.8. The SMILES string of the molecule is c1ccc(-c2cc(-c3ccccc3)nc(-c3ccc(-n4c5ccccc5c5cc6c(cc54)c4ccccc4n6-c4nc(-c5ccccc5)nc(-c5ccccc5-c5ccccc5)n4)cc3)n2)cc1. The number of hydrogen-bond acceptors (Lipinski definition) is 5. The summed E-state index contributed by atoms with van der Waals surface area (Å²) in [5.74, 6) is 2.44. The summed E-state index contributed by atoms with van der Waals surface area (Å²) in [4.78, 5) is 26.0. The van der Waals surface area contributed by atoms with Crippen molar-refractivity contribution in [2.24, 2.45) is 0 Å². The van der Waals surface area contributed by atoms with Gasteiger partial charge in [0.15, 0.2) is 17.5 Å². The molecule has 68 heavy (non-hydrogen) atoms. The molecule has 0 aliphatic carbocycles. The molecule has 9 aromatic carbocycles. The van der Waals surface area contributed by atoms with E-state index in [1.54, 1.807) is 0 Å². The average Bonchev–Trinajstić information content (AvgIpc) is 3.93. The molecule has 0 spiro atoms. The second-order valence-electron chi connectivity index (χ2n) is 16.9. The Hall–Kier alpha value is -9.33. The highest BCUT2D eigenvalue weighted by molar-refractivity contribution is 6.19. The van der Waals surface area contributed by atoms with Gasteiger partial charge in [-0.2, -0.15) is 9.97 Å². The fourth-order valence-electron chi connectivity index (χ4n) is 9.62. The van der Waals surface area contributed by atoms with Gasteiger partial charge in [0.2, 0.25) is 5.95 Å². The standard InChI is InChI=1S/C61H39N7/c1-5-19-40(20-6-1)46-27-13-14-30-49(46)60-64-59(43-25-11-4-12-26-43)65-61(66-60)68-55-32-18-16-29-48(55)51-37-56-50(38-57(51)68)47-28-15-17-31-54(47)67(56)45-35-33-44(34-36-45)58-62-52(41-21-7-2-8-22-41)39-53(63-58)42-23-9-3-10-24-42/h1-39H. The molecule has 13 aromatic rings. The lowest BCUT2D eigenvalue weighted by Gasteiger charge is -2.13. The van der Waals surface area contributed by atoms with Crippen LogP contribution in [0.4, 0.5) is 0 Å². The van der Waals surface area contributed by atoms with Gasteiger partial charge < -0.3 is 4.57 Å². The van der Waals surface area contributed by atoms with E-state index in [4.69, 9.17) is 24.9 Å². The number of rotatable bonds is 8. The van der Waals surface area contributed by atoms with Crippen molar-refractivity contribution in [1.29, 1.82) is 0 Å². The van der Waals surface area contributed by atoms with Crippen LogP contribution in [0, 0.1) is 0 Å². The number of fused-ring (bicyclic) bond motifs is 6. The third kappa shape index (κ3) is 6.72. The summed E-state index contributed by atoms with van der Waals surface area (Å²) in [5, 5.41) is 4.48. The third-order valence-corrected chi connectivity index (χ3v) is 12.8. The molecule has 318 valence electrons. The molecule has 0 fully saturated rings. The molecule has 7 nitrogen and oxygen atoms in total. The van der Waals surface area contributed by atoms with E-state index in [1.165, 1.54) is 0 Å². The van der Waals surface area contributed by atoms with Crippen molar-refractivity contribution in [3.63, 3.8) is 0 Å². The first-order valence-electron chi connectivity index (χ1n) is 22.8. The molecule has 0 unspecified atom stereocenters. The van der Waals surface area contributed by atoms with Crippen molar-refractivity contribution in [3.05, 3.63) is 237 Å². The van der Waals surface area contributed by atoms with Crippen LogP contribution in [0.5, 0.6) is 0 Å². The molecule has 13 rings (SSSR count). The van der Waals surface area contributed by atoms with Crippen molar-refractivity contribution >= 4 is 43.6 Å². The minimum Gasteiger partial charge on any atom is -0.309 e. The summed E-state index contributed by atoms with van der Waals surface area (Å²) in [7, 11) is 0. The minimum atomic E-state index is 0.551. The molecule has 0 atom stereocenters. The van der Waals surface area contributed by atoms with Gasteiger partial charge in [-0.15, -0.1) is 0 Å². The zero-order valence-corrected chi connectivity index (χ0v) is 36.6. The predicted molar refractivity (Wildman–Crippen MR) is 277 cm³/mol. The lowest BCUT2D eigenvalue weighted by Crippen LogP contribution is -2.06. The Balaban J connectivity index is 0.993. The summed E-state index contributed by atoms with van der Waals surface area (Å²) in [6.07, 6.45) is 0. The van der Waals surface area contributed by atoms with Crippen LogP contribution in [0.15, 0.2) is 237 Å². The molecule has 0 aliphatic rings. The molecule has 0 aliphatic heterocycles. The lowest BCUT2D eigenvalue weighted by atomic mass is 9.99. The zero-order valence-electron chi connectivity index (χ0n) is 36.6. The number of nitrogens with zero attached hydrogens (tertiary/aromatic N) is 7. The Morgan fingerprint density at radius 2 is 0.676 bits per heavy atom. The number of benzene rings is 9. The summed E-state index contributed by atoms with van der Waals surface area (Å²) < 4.78 is 4.58. The molecule has 0 saturated heterocycles. The second kappa shape index (κ2) is 16.3. The summed E-state index contributed by atoms with van der Waals surface area (Å²) in [6, 6.07) is 82.1. The van der Waals surface area contributed by atoms with Crippen LogP contribution in [0.3, 0.4) is 0 Å². The molecular formula is C61H39N7. The zero-order chi connectivity index (χ0) is 45.0. The Morgan fingerprint density at radius 3 is 1.26 bits per heavy atom. The fourth-order valence-corrected chi connectivity index (χ4v) is 9.62. The van der Waals surface area contributed by atoms with E-state index in [0.29, 0.717) is 23.4 Å². The molecule has 4 heterocycles. The van der Waals surface area contributed by atoms with Crippen LogP contribution < -0.4 is 0 Å². The van der Waals surface area contributed by atoms with Gasteiger partial charge in [0.05, 0.1) is 33.5 Å². The maximum absolute atomic E-state index is 5.36. The fraction of sp³-hybridized carbons (Fsp3) is 0. The maximum atomic E-state index is 5.36. The van der Waals surface area contributed by atoms with Gasteiger partial charge in [0.25, 0.3) is 0 Å². The van der Waals surface area contributed by atoms with Crippen LogP contribution in [0.2, 0.25) is 0 Å². The first kappa shape index (κ1) is 39.1. The molecule has 0 amide bonds. The Bertz CT molecular complexity index is 3940. The molecule has 7 heteroatoms. The van der Waals surface area contributed by atoms with Gasteiger partial charge in [0, 0.05) is 55.0 Å².